The predicted octanol–water partition coefficient (Wildman–Crippen LogP) is 4.51. The summed E-state index contributed by atoms with van der Waals surface area (Å²) < 4.78 is 41.9. The molecule has 0 spiro atoms. The van der Waals surface area contributed by atoms with Crippen LogP contribution >= 0.6 is 11.6 Å². The first-order valence-corrected chi connectivity index (χ1v) is 10.0. The first kappa shape index (κ1) is 24.5. The van der Waals surface area contributed by atoms with Crippen LogP contribution in [0.2, 0.25) is 5.02 Å². The maximum atomic E-state index is 14.0. The van der Waals surface area contributed by atoms with Crippen molar-refractivity contribution in [2.24, 2.45) is 5.73 Å². The molecular formula is C21H24ClF3N4O2. The van der Waals surface area contributed by atoms with E-state index in [2.05, 4.69) is 10.2 Å². The van der Waals surface area contributed by atoms with Crippen molar-refractivity contribution in [2.45, 2.75) is 20.0 Å². The summed E-state index contributed by atoms with van der Waals surface area (Å²) >= 11 is 5.87. The van der Waals surface area contributed by atoms with Crippen molar-refractivity contribution in [3.05, 3.63) is 52.5 Å². The number of benzene rings is 2. The molecule has 168 valence electrons. The van der Waals surface area contributed by atoms with Gasteiger partial charge in [-0.25, -0.2) is 0 Å². The molecule has 0 aliphatic rings. The molecule has 2 amide bonds. The number of alkyl halides is 3. The highest BCUT2D eigenvalue weighted by Gasteiger charge is 2.38. The van der Waals surface area contributed by atoms with E-state index in [9.17, 15) is 22.8 Å². The molecule has 2 aromatic carbocycles. The van der Waals surface area contributed by atoms with E-state index < -0.39 is 23.3 Å². The fraction of sp³-hybridized carbons (Fsp3) is 0.333. The quantitative estimate of drug-likeness (QED) is 0.516. The summed E-state index contributed by atoms with van der Waals surface area (Å²) in [6.45, 7) is 6.33. The molecular weight excluding hydrogens is 433 g/mol. The number of nitrogens with zero attached hydrogens (tertiary/aromatic N) is 2. The number of hydrogen-bond acceptors (Lipinski definition) is 4. The van der Waals surface area contributed by atoms with E-state index in [1.54, 1.807) is 0 Å². The minimum absolute atomic E-state index is 0.0298. The Morgan fingerprint density at radius 1 is 1.16 bits per heavy atom. The molecule has 0 bridgehead atoms. The van der Waals surface area contributed by atoms with Crippen LogP contribution in [0.15, 0.2) is 36.4 Å². The fourth-order valence-corrected chi connectivity index (χ4v) is 3.25. The third-order valence-corrected chi connectivity index (χ3v) is 5.04. The Bertz CT molecular complexity index is 916. The van der Waals surface area contributed by atoms with Crippen molar-refractivity contribution in [1.82, 2.24) is 4.90 Å². The van der Waals surface area contributed by atoms with Gasteiger partial charge < -0.3 is 16.0 Å². The summed E-state index contributed by atoms with van der Waals surface area (Å²) in [5.74, 6) is -1.01. The van der Waals surface area contributed by atoms with Crippen LogP contribution in [0.4, 0.5) is 30.2 Å². The highest BCUT2D eigenvalue weighted by Crippen LogP contribution is 2.44. The van der Waals surface area contributed by atoms with Crippen LogP contribution in [0.3, 0.4) is 0 Å². The lowest BCUT2D eigenvalue weighted by molar-refractivity contribution is -0.137. The number of amides is 2. The van der Waals surface area contributed by atoms with Crippen LogP contribution in [0, 0.1) is 0 Å². The lowest BCUT2D eigenvalue weighted by Gasteiger charge is -2.27. The van der Waals surface area contributed by atoms with Crippen LogP contribution in [0.5, 0.6) is 0 Å². The second kappa shape index (κ2) is 10.5. The number of likely N-dealkylation sites (N-methyl/N-ethyl adjacent to an activating group) is 1. The van der Waals surface area contributed by atoms with E-state index in [0.717, 1.165) is 18.0 Å². The van der Waals surface area contributed by atoms with Gasteiger partial charge >= 0.3 is 6.18 Å². The molecule has 0 aromatic heterocycles. The van der Waals surface area contributed by atoms with E-state index in [1.807, 2.05) is 13.8 Å². The summed E-state index contributed by atoms with van der Waals surface area (Å²) in [6.07, 6.45) is -4.56. The van der Waals surface area contributed by atoms with Gasteiger partial charge in [0.1, 0.15) is 0 Å². The Balaban J connectivity index is 2.64. The van der Waals surface area contributed by atoms with Gasteiger partial charge in [0, 0.05) is 29.4 Å². The van der Waals surface area contributed by atoms with Crippen molar-refractivity contribution in [3.63, 3.8) is 0 Å². The standard InChI is InChI=1S/C21H24ClF3N4O2/c1-3-28(4-2)10-9-27-18-12-14(20(26)31)11-17(21(23,24)25)19(18)29(13-30)16-7-5-15(22)6-8-16/h5-8,11-13,27H,3-4,9-10H2,1-2H3,(H2,26,31). The minimum Gasteiger partial charge on any atom is -0.382 e. The number of carbonyl (C=O) groups is 2. The molecule has 0 unspecified atom stereocenters. The number of halogens is 4. The molecule has 0 heterocycles. The summed E-state index contributed by atoms with van der Waals surface area (Å²) in [6, 6.07) is 7.66. The van der Waals surface area contributed by atoms with Gasteiger partial charge in [0.2, 0.25) is 12.3 Å². The maximum absolute atomic E-state index is 14.0. The van der Waals surface area contributed by atoms with Crippen molar-refractivity contribution in [1.29, 1.82) is 0 Å². The van der Waals surface area contributed by atoms with Crippen LogP contribution in [-0.4, -0.2) is 43.4 Å². The van der Waals surface area contributed by atoms with Crippen LogP contribution in [0.1, 0.15) is 29.8 Å². The van der Waals surface area contributed by atoms with Gasteiger partial charge in [-0.1, -0.05) is 25.4 Å². The topological polar surface area (TPSA) is 78.7 Å². The SMILES string of the molecule is CCN(CC)CCNc1cc(C(N)=O)cc(C(F)(F)F)c1N(C=O)c1ccc(Cl)cc1. The van der Waals surface area contributed by atoms with Gasteiger partial charge in [-0.05, 0) is 49.5 Å². The third kappa shape index (κ3) is 6.11. The summed E-state index contributed by atoms with van der Waals surface area (Å²) in [7, 11) is 0. The number of rotatable bonds is 10. The lowest BCUT2D eigenvalue weighted by atomic mass is 10.0. The highest BCUT2D eigenvalue weighted by molar-refractivity contribution is 6.30. The number of nitrogens with two attached hydrogens (primary N) is 1. The van der Waals surface area contributed by atoms with E-state index in [-0.39, 0.29) is 23.3 Å². The first-order valence-electron chi connectivity index (χ1n) is 9.63. The lowest BCUT2D eigenvalue weighted by Crippen LogP contribution is -2.29. The zero-order valence-corrected chi connectivity index (χ0v) is 17.9. The van der Waals surface area contributed by atoms with Crippen LogP contribution in [0.25, 0.3) is 0 Å². The Hall–Kier alpha value is -2.78. The zero-order chi connectivity index (χ0) is 23.2. The van der Waals surface area contributed by atoms with E-state index in [1.165, 1.54) is 30.3 Å². The Labute approximate surface area is 183 Å². The third-order valence-electron chi connectivity index (χ3n) is 4.79. The average molecular weight is 457 g/mol. The molecule has 0 fully saturated rings. The highest BCUT2D eigenvalue weighted by atomic mass is 35.5. The normalized spacial score (nSPS) is 11.5. The summed E-state index contributed by atoms with van der Waals surface area (Å²) in [5.41, 5.74) is 3.52. The van der Waals surface area contributed by atoms with Gasteiger partial charge in [-0.3, -0.25) is 14.5 Å². The summed E-state index contributed by atoms with van der Waals surface area (Å²) in [4.78, 5) is 26.5. The van der Waals surface area contributed by atoms with Crippen molar-refractivity contribution in [2.75, 3.05) is 36.4 Å². The number of carbonyl (C=O) groups excluding carboxylic acids is 2. The minimum atomic E-state index is -4.84. The molecule has 0 aliphatic carbocycles. The summed E-state index contributed by atoms with van der Waals surface area (Å²) in [5, 5.41) is 3.31. The van der Waals surface area contributed by atoms with E-state index in [0.29, 0.717) is 24.2 Å². The van der Waals surface area contributed by atoms with Crippen LogP contribution in [-0.2, 0) is 11.0 Å². The second-order valence-corrected chi connectivity index (χ2v) is 7.12. The average Bonchev–Trinajstić information content (AvgIpc) is 2.72. The number of nitrogens with one attached hydrogen (secondary N) is 1. The molecule has 10 heteroatoms. The van der Waals surface area contributed by atoms with Crippen molar-refractivity contribution >= 4 is 41.0 Å². The fourth-order valence-electron chi connectivity index (χ4n) is 3.12. The second-order valence-electron chi connectivity index (χ2n) is 6.69. The van der Waals surface area contributed by atoms with Gasteiger partial charge in [0.15, 0.2) is 0 Å². The van der Waals surface area contributed by atoms with E-state index >= 15 is 0 Å². The monoisotopic (exact) mass is 456 g/mol. The van der Waals surface area contributed by atoms with Crippen molar-refractivity contribution < 1.29 is 22.8 Å². The molecule has 31 heavy (non-hydrogen) atoms. The van der Waals surface area contributed by atoms with E-state index in [4.69, 9.17) is 17.3 Å². The first-order chi connectivity index (χ1) is 14.6. The zero-order valence-electron chi connectivity index (χ0n) is 17.2. The Kier molecular flexibility index (Phi) is 8.29. The van der Waals surface area contributed by atoms with Gasteiger partial charge in [0.25, 0.3) is 0 Å². The molecule has 2 aromatic rings. The molecule has 0 radical (unpaired) electrons. The smallest absolute Gasteiger partial charge is 0.382 e. The van der Waals surface area contributed by atoms with Crippen molar-refractivity contribution in [3.8, 4) is 0 Å². The Morgan fingerprint density at radius 2 is 1.77 bits per heavy atom. The molecule has 0 saturated carbocycles. The molecule has 0 atom stereocenters. The van der Waals surface area contributed by atoms with Crippen LogP contribution < -0.4 is 16.0 Å². The van der Waals surface area contributed by atoms with Gasteiger partial charge in [0.05, 0.1) is 16.9 Å². The van der Waals surface area contributed by atoms with Gasteiger partial charge in [-0.15, -0.1) is 0 Å². The number of hydrogen-bond donors (Lipinski definition) is 2. The molecule has 0 saturated heterocycles. The number of anilines is 3. The van der Waals surface area contributed by atoms with Gasteiger partial charge in [-0.2, -0.15) is 13.2 Å². The molecule has 0 aliphatic heterocycles. The number of primary amides is 1. The maximum Gasteiger partial charge on any atom is 0.418 e. The molecule has 6 nitrogen and oxygen atoms in total. The Morgan fingerprint density at radius 3 is 2.26 bits per heavy atom. The predicted molar refractivity (Wildman–Crippen MR) is 116 cm³/mol. The largest absolute Gasteiger partial charge is 0.418 e. The molecule has 2 rings (SSSR count). The molecule has 3 N–H and O–H groups in total.